The Labute approximate surface area is 187 Å². The van der Waals surface area contributed by atoms with Crippen LogP contribution in [0.4, 0.5) is 0 Å². The molecule has 2 aliphatic rings. The molecule has 0 saturated heterocycles. The zero-order valence-corrected chi connectivity index (χ0v) is 19.0. The largest absolute Gasteiger partial charge is 0.331 e. The van der Waals surface area contributed by atoms with Crippen LogP contribution in [0.5, 0.6) is 0 Å². The number of hydrogen-bond donors (Lipinski definition) is 0. The first kappa shape index (κ1) is 20.4. The fraction of sp³-hybridized carbons (Fsp3) is 0.292. The van der Waals surface area contributed by atoms with Crippen LogP contribution in [-0.4, -0.2) is 36.6 Å². The lowest BCUT2D eigenvalue weighted by atomic mass is 10.0. The number of carbonyl (C=O) groups excluding carboxylic acids is 1. The number of fused-ring (bicyclic) bond motifs is 2. The molecule has 1 unspecified atom stereocenters. The first-order valence-electron chi connectivity index (χ1n) is 10.5. The number of thiophene rings is 1. The predicted octanol–water partition coefficient (Wildman–Crippen LogP) is 4.25. The zero-order valence-electron chi connectivity index (χ0n) is 17.3. The SMILES string of the molecule is CC1c2ccsc2CCN1C(=O)c1ccc(S(=O)(=O)N2CCc3ccccc3C2)cc1. The highest BCUT2D eigenvalue weighted by Gasteiger charge is 2.31. The van der Waals surface area contributed by atoms with Crippen LogP contribution >= 0.6 is 11.3 Å². The van der Waals surface area contributed by atoms with Gasteiger partial charge in [0.1, 0.15) is 0 Å². The van der Waals surface area contributed by atoms with Crippen molar-refractivity contribution in [1.29, 1.82) is 0 Å². The summed E-state index contributed by atoms with van der Waals surface area (Å²) in [7, 11) is -3.61. The molecule has 31 heavy (non-hydrogen) atoms. The molecule has 0 bridgehead atoms. The van der Waals surface area contributed by atoms with Crippen molar-refractivity contribution in [2.24, 2.45) is 0 Å². The normalized spacial score (nSPS) is 19.0. The van der Waals surface area contributed by atoms with Crippen molar-refractivity contribution in [1.82, 2.24) is 9.21 Å². The van der Waals surface area contributed by atoms with Gasteiger partial charge in [-0.2, -0.15) is 4.31 Å². The molecular weight excluding hydrogens is 428 g/mol. The van der Waals surface area contributed by atoms with Gasteiger partial charge in [-0.05, 0) is 72.2 Å². The molecule has 3 heterocycles. The van der Waals surface area contributed by atoms with Crippen LogP contribution in [0.25, 0.3) is 0 Å². The van der Waals surface area contributed by atoms with Crippen LogP contribution in [0.15, 0.2) is 64.9 Å². The Morgan fingerprint density at radius 1 is 0.968 bits per heavy atom. The Kier molecular flexibility index (Phi) is 5.20. The van der Waals surface area contributed by atoms with Crippen LogP contribution in [-0.2, 0) is 29.4 Å². The van der Waals surface area contributed by atoms with Crippen LogP contribution in [0.3, 0.4) is 0 Å². The van der Waals surface area contributed by atoms with Crippen molar-refractivity contribution in [3.8, 4) is 0 Å². The van der Waals surface area contributed by atoms with E-state index in [0.29, 0.717) is 31.6 Å². The van der Waals surface area contributed by atoms with Gasteiger partial charge in [-0.1, -0.05) is 24.3 Å². The molecule has 0 spiro atoms. The third-order valence-corrected chi connectivity index (χ3v) is 9.23. The molecule has 2 aliphatic heterocycles. The van der Waals surface area contributed by atoms with E-state index < -0.39 is 10.0 Å². The number of benzene rings is 2. The number of carbonyl (C=O) groups is 1. The lowest BCUT2D eigenvalue weighted by Crippen LogP contribution is -2.38. The second-order valence-corrected chi connectivity index (χ2v) is 11.0. The molecule has 0 aliphatic carbocycles. The molecule has 1 amide bonds. The number of hydrogen-bond acceptors (Lipinski definition) is 4. The second-order valence-electron chi connectivity index (χ2n) is 8.11. The molecule has 5 rings (SSSR count). The Hall–Kier alpha value is -2.48. The van der Waals surface area contributed by atoms with Crippen molar-refractivity contribution in [2.45, 2.75) is 37.2 Å². The molecule has 0 saturated carbocycles. The summed E-state index contributed by atoms with van der Waals surface area (Å²) in [5, 5.41) is 2.08. The maximum Gasteiger partial charge on any atom is 0.254 e. The highest BCUT2D eigenvalue weighted by molar-refractivity contribution is 7.89. The fourth-order valence-corrected chi connectivity index (χ4v) is 6.93. The average Bonchev–Trinajstić information content (AvgIpc) is 3.28. The highest BCUT2D eigenvalue weighted by atomic mass is 32.2. The summed E-state index contributed by atoms with van der Waals surface area (Å²) in [5.41, 5.74) is 4.00. The van der Waals surface area contributed by atoms with Crippen LogP contribution in [0, 0.1) is 0 Å². The van der Waals surface area contributed by atoms with E-state index in [1.807, 2.05) is 23.1 Å². The minimum atomic E-state index is -3.61. The quantitative estimate of drug-likeness (QED) is 0.597. The van der Waals surface area contributed by atoms with E-state index in [-0.39, 0.29) is 16.8 Å². The molecule has 0 radical (unpaired) electrons. The maximum atomic E-state index is 13.2. The summed E-state index contributed by atoms with van der Waals surface area (Å²) in [6.45, 7) is 3.58. The summed E-state index contributed by atoms with van der Waals surface area (Å²) < 4.78 is 27.9. The summed E-state index contributed by atoms with van der Waals surface area (Å²) in [5.74, 6) is -0.0554. The van der Waals surface area contributed by atoms with Gasteiger partial charge >= 0.3 is 0 Å². The van der Waals surface area contributed by atoms with E-state index in [0.717, 1.165) is 12.0 Å². The van der Waals surface area contributed by atoms with Crippen molar-refractivity contribution in [3.63, 3.8) is 0 Å². The highest BCUT2D eigenvalue weighted by Crippen LogP contribution is 2.34. The Balaban J connectivity index is 1.35. The summed E-state index contributed by atoms with van der Waals surface area (Å²) in [4.78, 5) is 16.6. The number of sulfonamides is 1. The summed E-state index contributed by atoms with van der Waals surface area (Å²) in [6.07, 6.45) is 1.58. The smallest absolute Gasteiger partial charge is 0.254 e. The van der Waals surface area contributed by atoms with Crippen molar-refractivity contribution in [3.05, 3.63) is 87.1 Å². The van der Waals surface area contributed by atoms with Gasteiger partial charge < -0.3 is 4.90 Å². The minimum absolute atomic E-state index is 0.0272. The van der Waals surface area contributed by atoms with Crippen LogP contribution < -0.4 is 0 Å². The van der Waals surface area contributed by atoms with Gasteiger partial charge in [-0.25, -0.2) is 8.42 Å². The Morgan fingerprint density at radius 2 is 1.71 bits per heavy atom. The van der Waals surface area contributed by atoms with Gasteiger partial charge in [-0.15, -0.1) is 11.3 Å². The van der Waals surface area contributed by atoms with Gasteiger partial charge in [0.2, 0.25) is 10.0 Å². The standard InChI is InChI=1S/C24H24N2O3S2/c1-17-22-12-15-30-23(22)11-14-26(17)24(27)19-6-8-21(9-7-19)31(28,29)25-13-10-18-4-2-3-5-20(18)16-25/h2-9,12,15,17H,10-11,13-14,16H2,1H3. The average molecular weight is 453 g/mol. The molecule has 1 aromatic heterocycles. The molecule has 0 N–H and O–H groups in total. The van der Waals surface area contributed by atoms with Crippen LogP contribution in [0.1, 0.15) is 44.9 Å². The monoisotopic (exact) mass is 452 g/mol. The van der Waals surface area contributed by atoms with E-state index in [9.17, 15) is 13.2 Å². The minimum Gasteiger partial charge on any atom is -0.331 e. The molecule has 5 nitrogen and oxygen atoms in total. The maximum absolute atomic E-state index is 13.2. The molecule has 2 aromatic carbocycles. The predicted molar refractivity (Wildman–Crippen MR) is 122 cm³/mol. The molecular formula is C24H24N2O3S2. The second kappa shape index (κ2) is 7.89. The van der Waals surface area contributed by atoms with Gasteiger partial charge in [-0.3, -0.25) is 4.79 Å². The van der Waals surface area contributed by atoms with E-state index in [1.54, 1.807) is 35.6 Å². The lowest BCUT2D eigenvalue weighted by Gasteiger charge is -2.33. The molecule has 7 heteroatoms. The third-order valence-electron chi connectivity index (χ3n) is 6.37. The molecule has 160 valence electrons. The molecule has 3 aromatic rings. The third kappa shape index (κ3) is 3.60. The van der Waals surface area contributed by atoms with E-state index in [1.165, 1.54) is 20.3 Å². The summed E-state index contributed by atoms with van der Waals surface area (Å²) in [6, 6.07) is 16.5. The molecule has 1 atom stereocenters. The first-order chi connectivity index (χ1) is 14.9. The van der Waals surface area contributed by atoms with Crippen molar-refractivity contribution < 1.29 is 13.2 Å². The van der Waals surface area contributed by atoms with Gasteiger partial charge in [0.05, 0.1) is 10.9 Å². The Morgan fingerprint density at radius 3 is 2.48 bits per heavy atom. The Bertz CT molecular complexity index is 1230. The number of amides is 1. The van der Waals surface area contributed by atoms with Crippen LogP contribution in [0.2, 0.25) is 0 Å². The van der Waals surface area contributed by atoms with E-state index in [4.69, 9.17) is 0 Å². The van der Waals surface area contributed by atoms with Gasteiger partial charge in [0.15, 0.2) is 0 Å². The number of nitrogens with zero attached hydrogens (tertiary/aromatic N) is 2. The summed E-state index contributed by atoms with van der Waals surface area (Å²) >= 11 is 1.74. The molecule has 0 fully saturated rings. The zero-order chi connectivity index (χ0) is 21.6. The van der Waals surface area contributed by atoms with Crippen molar-refractivity contribution >= 4 is 27.3 Å². The lowest BCUT2D eigenvalue weighted by molar-refractivity contribution is 0.0679. The van der Waals surface area contributed by atoms with Crippen molar-refractivity contribution in [2.75, 3.05) is 13.1 Å². The fourth-order valence-electron chi connectivity index (χ4n) is 4.55. The topological polar surface area (TPSA) is 57.7 Å². The van der Waals surface area contributed by atoms with Gasteiger partial charge in [0, 0.05) is 30.1 Å². The van der Waals surface area contributed by atoms with E-state index >= 15 is 0 Å². The first-order valence-corrected chi connectivity index (χ1v) is 12.8. The number of rotatable bonds is 3. The van der Waals surface area contributed by atoms with E-state index in [2.05, 4.69) is 24.4 Å². The van der Waals surface area contributed by atoms with Gasteiger partial charge in [0.25, 0.3) is 5.91 Å².